The molecule has 0 saturated carbocycles. The average molecular weight is 224 g/mol. The molecular formula is C12H20N2O2. The molecule has 0 amide bonds. The van der Waals surface area contributed by atoms with Crippen LogP contribution in [0.25, 0.3) is 4.85 Å². The van der Waals surface area contributed by atoms with Crippen molar-refractivity contribution in [2.45, 2.75) is 21.8 Å². The molecule has 1 rings (SSSR count). The summed E-state index contributed by atoms with van der Waals surface area (Å²) in [6.07, 6.45) is 10.2. The lowest BCUT2D eigenvalue weighted by atomic mass is 10.6. The fraction of sp³-hybridized carbons (Fsp3) is 0.417. The number of nitrogens with zero attached hydrogens (tertiary/aromatic N) is 2. The Balaban J connectivity index is -0.0000000641. The minimum absolute atomic E-state index is 0. The van der Waals surface area contributed by atoms with Crippen LogP contribution < -0.4 is 0 Å². The van der Waals surface area contributed by atoms with Gasteiger partial charge in [-0.25, -0.2) is 0 Å². The lowest BCUT2D eigenvalue weighted by Gasteiger charge is -1.79. The van der Waals surface area contributed by atoms with Gasteiger partial charge >= 0.3 is 0 Å². The van der Waals surface area contributed by atoms with Crippen molar-refractivity contribution in [2.75, 3.05) is 13.2 Å². The number of carbonyl (C=O) groups excluding carboxylic acids is 1. The maximum atomic E-state index is 9.18. The van der Waals surface area contributed by atoms with Crippen molar-refractivity contribution in [2.24, 2.45) is 4.99 Å². The fourth-order valence-electron chi connectivity index (χ4n) is 0.372. The molecule has 0 aromatic carbocycles. The second-order valence-corrected chi connectivity index (χ2v) is 1.73. The SMILES string of the molecule is C.C.C1=CCN=C1.CCOC=O.[C-]#[N+]C#C. The first kappa shape index (κ1) is 23.6. The summed E-state index contributed by atoms with van der Waals surface area (Å²) in [4.78, 5) is 15.5. The molecule has 0 radical (unpaired) electrons. The average Bonchev–Trinajstić information content (AvgIpc) is 2.78. The van der Waals surface area contributed by atoms with Crippen LogP contribution in [0.15, 0.2) is 17.1 Å². The van der Waals surface area contributed by atoms with Crippen LogP contribution in [-0.2, 0) is 9.53 Å². The van der Waals surface area contributed by atoms with Crippen LogP contribution in [0.3, 0.4) is 0 Å². The Morgan fingerprint density at radius 2 is 2.25 bits per heavy atom. The minimum Gasteiger partial charge on any atom is -0.468 e. The maximum Gasteiger partial charge on any atom is 0.293 e. The first-order valence-electron chi connectivity index (χ1n) is 3.85. The van der Waals surface area contributed by atoms with Gasteiger partial charge in [0.15, 0.2) is 0 Å². The number of hydrogen-bond donors (Lipinski definition) is 0. The van der Waals surface area contributed by atoms with Crippen LogP contribution >= 0.6 is 0 Å². The molecule has 16 heavy (non-hydrogen) atoms. The van der Waals surface area contributed by atoms with Gasteiger partial charge in [0, 0.05) is 6.21 Å². The van der Waals surface area contributed by atoms with Gasteiger partial charge in [0.1, 0.15) is 12.6 Å². The minimum atomic E-state index is 0. The van der Waals surface area contributed by atoms with Gasteiger partial charge in [0.2, 0.25) is 0 Å². The maximum absolute atomic E-state index is 9.18. The van der Waals surface area contributed by atoms with Crippen molar-refractivity contribution < 1.29 is 9.53 Å². The fourth-order valence-corrected chi connectivity index (χ4v) is 0.372. The Labute approximate surface area is 98.9 Å². The van der Waals surface area contributed by atoms with Crippen molar-refractivity contribution in [3.63, 3.8) is 0 Å². The van der Waals surface area contributed by atoms with Crippen molar-refractivity contribution in [3.8, 4) is 12.5 Å². The van der Waals surface area contributed by atoms with Gasteiger partial charge in [-0.3, -0.25) is 9.79 Å². The van der Waals surface area contributed by atoms with Crippen LogP contribution in [0.4, 0.5) is 0 Å². The van der Waals surface area contributed by atoms with Crippen molar-refractivity contribution in [1.29, 1.82) is 0 Å². The zero-order chi connectivity index (χ0) is 11.1. The van der Waals surface area contributed by atoms with Crippen molar-refractivity contribution >= 4 is 12.7 Å². The highest BCUT2D eigenvalue weighted by Gasteiger charge is 1.72. The van der Waals surface area contributed by atoms with Crippen molar-refractivity contribution in [1.82, 2.24) is 0 Å². The van der Waals surface area contributed by atoms with E-state index in [-0.39, 0.29) is 14.9 Å². The number of carbonyl (C=O) groups is 1. The summed E-state index contributed by atoms with van der Waals surface area (Å²) >= 11 is 0. The molecule has 0 unspecified atom stereocenters. The quantitative estimate of drug-likeness (QED) is 0.411. The zero-order valence-electron chi connectivity index (χ0n) is 8.01. The largest absolute Gasteiger partial charge is 0.468 e. The monoisotopic (exact) mass is 224 g/mol. The number of hydrogen-bond acceptors (Lipinski definition) is 3. The second kappa shape index (κ2) is 29.3. The molecule has 0 fully saturated rings. The van der Waals surface area contributed by atoms with Crippen LogP contribution in [-0.4, -0.2) is 25.8 Å². The van der Waals surface area contributed by atoms with E-state index in [0.29, 0.717) is 13.1 Å². The van der Waals surface area contributed by atoms with E-state index in [1.807, 2.05) is 12.2 Å². The van der Waals surface area contributed by atoms with Crippen LogP contribution in [0.1, 0.15) is 21.8 Å². The lowest BCUT2D eigenvalue weighted by Crippen LogP contribution is -1.80. The van der Waals surface area contributed by atoms with E-state index in [0.717, 1.165) is 6.54 Å². The topological polar surface area (TPSA) is 43.0 Å². The number of allylic oxidation sites excluding steroid dienone is 1. The Bertz CT molecular complexity index is 235. The number of ether oxygens (including phenoxy) is 1. The van der Waals surface area contributed by atoms with Gasteiger partial charge in [-0.05, 0) is 13.0 Å². The Morgan fingerprint density at radius 3 is 2.31 bits per heavy atom. The summed E-state index contributed by atoms with van der Waals surface area (Å²) in [6, 6.07) is 1.72. The summed E-state index contributed by atoms with van der Waals surface area (Å²) in [5.41, 5.74) is 0. The van der Waals surface area contributed by atoms with Gasteiger partial charge < -0.3 is 4.74 Å². The second-order valence-electron chi connectivity index (χ2n) is 1.73. The molecule has 0 spiro atoms. The molecule has 1 aliphatic heterocycles. The molecule has 1 aliphatic rings. The Morgan fingerprint density at radius 1 is 1.69 bits per heavy atom. The third kappa shape index (κ3) is 40.5. The van der Waals surface area contributed by atoms with E-state index in [1.165, 1.54) is 0 Å². The molecule has 0 atom stereocenters. The van der Waals surface area contributed by atoms with E-state index in [9.17, 15) is 4.79 Å². The highest BCUT2D eigenvalue weighted by Crippen LogP contribution is 1.78. The number of aliphatic imine (C=N–C) groups is 1. The summed E-state index contributed by atoms with van der Waals surface area (Å²) < 4.78 is 4.15. The Kier molecular flexibility index (Phi) is 43.2. The molecule has 0 saturated heterocycles. The molecule has 4 heteroatoms. The summed E-state index contributed by atoms with van der Waals surface area (Å²) in [5.74, 6) is 0. The standard InChI is InChI=1S/C4H5N.C3HN.C3H6O2.2CH4/c1-2-4-5-3-1;1-3-4-2;1-2-5-3-4;;/h1-3H,4H2;1H;3H,2H2,1H3;2*1H4. The summed E-state index contributed by atoms with van der Waals surface area (Å²) in [5, 5.41) is 0. The molecule has 0 N–H and O–H groups in total. The van der Waals surface area contributed by atoms with Crippen LogP contribution in [0, 0.1) is 19.0 Å². The zero-order valence-corrected chi connectivity index (χ0v) is 8.01. The summed E-state index contributed by atoms with van der Waals surface area (Å²) in [6.45, 7) is 9.39. The van der Waals surface area contributed by atoms with E-state index in [1.54, 1.807) is 19.2 Å². The smallest absolute Gasteiger partial charge is 0.293 e. The normalized spacial score (nSPS) is 8.19. The van der Waals surface area contributed by atoms with Gasteiger partial charge in [-0.1, -0.05) is 20.9 Å². The molecule has 4 nitrogen and oxygen atoms in total. The van der Waals surface area contributed by atoms with E-state index < -0.39 is 0 Å². The Hall–Kier alpha value is -2.07. The van der Waals surface area contributed by atoms with E-state index in [2.05, 4.69) is 21.0 Å². The van der Waals surface area contributed by atoms with Crippen LogP contribution in [0.5, 0.6) is 0 Å². The predicted octanol–water partition coefficient (Wildman–Crippen LogP) is 2.57. The molecule has 90 valence electrons. The third-order valence-corrected chi connectivity index (χ3v) is 0.838. The highest BCUT2D eigenvalue weighted by molar-refractivity contribution is 5.73. The van der Waals surface area contributed by atoms with Gasteiger partial charge in [-0.2, -0.15) is 4.85 Å². The molecule has 0 aliphatic carbocycles. The predicted molar refractivity (Wildman–Crippen MR) is 69.1 cm³/mol. The first-order chi connectivity index (χ1) is 6.83. The molecule has 1 heterocycles. The molecule has 0 aromatic heterocycles. The van der Waals surface area contributed by atoms with E-state index >= 15 is 0 Å². The number of terminal acetylenes is 1. The summed E-state index contributed by atoms with van der Waals surface area (Å²) in [7, 11) is 0. The van der Waals surface area contributed by atoms with E-state index in [4.69, 9.17) is 6.57 Å². The first-order valence-corrected chi connectivity index (χ1v) is 3.85. The molecule has 0 bridgehead atoms. The third-order valence-electron chi connectivity index (χ3n) is 0.838. The molecule has 0 aromatic rings. The van der Waals surface area contributed by atoms with Gasteiger partial charge in [-0.15, -0.1) is 6.42 Å². The lowest BCUT2D eigenvalue weighted by molar-refractivity contribution is -0.128. The van der Waals surface area contributed by atoms with Gasteiger partial charge in [0.25, 0.3) is 6.47 Å². The van der Waals surface area contributed by atoms with Gasteiger partial charge in [0.05, 0.1) is 13.2 Å². The van der Waals surface area contributed by atoms with Crippen LogP contribution in [0.2, 0.25) is 0 Å². The van der Waals surface area contributed by atoms with Crippen molar-refractivity contribution in [3.05, 3.63) is 23.6 Å². The number of rotatable bonds is 2. The molecular weight excluding hydrogens is 204 g/mol. The highest BCUT2D eigenvalue weighted by atomic mass is 16.5.